The first-order chi connectivity index (χ1) is 15.7. The van der Waals surface area contributed by atoms with Crippen molar-refractivity contribution < 1.29 is 14.3 Å². The Labute approximate surface area is 190 Å². The molecule has 1 amide bonds. The van der Waals surface area contributed by atoms with E-state index in [-0.39, 0.29) is 11.9 Å². The van der Waals surface area contributed by atoms with Crippen molar-refractivity contribution in [1.82, 2.24) is 10.2 Å². The van der Waals surface area contributed by atoms with Crippen LogP contribution in [-0.4, -0.2) is 62.8 Å². The molecule has 4 rings (SSSR count). The fourth-order valence-corrected chi connectivity index (χ4v) is 4.21. The summed E-state index contributed by atoms with van der Waals surface area (Å²) in [5, 5.41) is 3.25. The smallest absolute Gasteiger partial charge is 0.239 e. The van der Waals surface area contributed by atoms with Crippen molar-refractivity contribution in [3.05, 3.63) is 60.2 Å². The number of hydrogen-bond acceptors (Lipinski definition) is 5. The summed E-state index contributed by atoms with van der Waals surface area (Å²) in [5.41, 5.74) is 2.09. The summed E-state index contributed by atoms with van der Waals surface area (Å²) in [6.45, 7) is 7.39. The van der Waals surface area contributed by atoms with E-state index < -0.39 is 0 Å². The number of anilines is 1. The van der Waals surface area contributed by atoms with E-state index in [2.05, 4.69) is 46.3 Å². The lowest BCUT2D eigenvalue weighted by molar-refractivity contribution is -0.120. The standard InChI is InChI=1S/C26H33N3O3/c1-2-28-15-12-22(13-16-28)27-26(30)20-29(14-6-9-21-7-4-3-5-8-21)23-10-11-24-25(19-23)32-18-17-31-24/h3-11,19,22H,2,12-18,20H2,1H3,(H,27,30)/b9-6+. The predicted octanol–water partition coefficient (Wildman–Crippen LogP) is 3.58. The van der Waals surface area contributed by atoms with E-state index in [1.807, 2.05) is 36.4 Å². The fourth-order valence-electron chi connectivity index (χ4n) is 4.21. The minimum atomic E-state index is 0.0583. The van der Waals surface area contributed by atoms with Crippen LogP contribution in [0.3, 0.4) is 0 Å². The molecule has 0 bridgehead atoms. The highest BCUT2D eigenvalue weighted by Gasteiger charge is 2.21. The maximum Gasteiger partial charge on any atom is 0.239 e. The third-order valence-corrected chi connectivity index (χ3v) is 6.06. The van der Waals surface area contributed by atoms with Gasteiger partial charge in [-0.15, -0.1) is 0 Å². The Morgan fingerprint density at radius 1 is 1.09 bits per heavy atom. The molecule has 6 nitrogen and oxygen atoms in total. The van der Waals surface area contributed by atoms with Crippen LogP contribution >= 0.6 is 0 Å². The van der Waals surface area contributed by atoms with E-state index in [0.29, 0.717) is 26.3 Å². The molecule has 6 heteroatoms. The molecule has 2 aromatic rings. The van der Waals surface area contributed by atoms with Crippen LogP contribution in [0.15, 0.2) is 54.6 Å². The average molecular weight is 436 g/mol. The van der Waals surface area contributed by atoms with Crippen LogP contribution in [-0.2, 0) is 4.79 Å². The van der Waals surface area contributed by atoms with Gasteiger partial charge in [0, 0.05) is 37.4 Å². The Morgan fingerprint density at radius 3 is 2.59 bits per heavy atom. The Morgan fingerprint density at radius 2 is 1.84 bits per heavy atom. The van der Waals surface area contributed by atoms with Crippen molar-refractivity contribution in [2.45, 2.75) is 25.8 Å². The zero-order valence-corrected chi connectivity index (χ0v) is 18.8. The molecule has 170 valence electrons. The van der Waals surface area contributed by atoms with Gasteiger partial charge in [0.05, 0.1) is 6.54 Å². The van der Waals surface area contributed by atoms with E-state index in [4.69, 9.17) is 9.47 Å². The number of piperidine rings is 1. The molecule has 0 atom stereocenters. The molecule has 0 spiro atoms. The molecule has 2 heterocycles. The van der Waals surface area contributed by atoms with Crippen molar-refractivity contribution in [1.29, 1.82) is 0 Å². The number of nitrogens with one attached hydrogen (secondary N) is 1. The number of fused-ring (bicyclic) bond motifs is 1. The Bertz CT molecular complexity index is 908. The summed E-state index contributed by atoms with van der Waals surface area (Å²) in [6.07, 6.45) is 6.21. The lowest BCUT2D eigenvalue weighted by Gasteiger charge is -2.32. The molecule has 2 aromatic carbocycles. The third-order valence-electron chi connectivity index (χ3n) is 6.06. The number of hydrogen-bond donors (Lipinski definition) is 1. The molecule has 0 radical (unpaired) electrons. The molecule has 1 saturated heterocycles. The number of ether oxygens (including phenoxy) is 2. The van der Waals surface area contributed by atoms with Crippen LogP contribution in [0.1, 0.15) is 25.3 Å². The monoisotopic (exact) mass is 435 g/mol. The van der Waals surface area contributed by atoms with Gasteiger partial charge in [-0.05, 0) is 37.1 Å². The van der Waals surface area contributed by atoms with Crippen molar-refractivity contribution in [3.63, 3.8) is 0 Å². The number of carbonyl (C=O) groups is 1. The number of benzene rings is 2. The van der Waals surface area contributed by atoms with Crippen LogP contribution in [0, 0.1) is 0 Å². The van der Waals surface area contributed by atoms with Crippen LogP contribution in [0.25, 0.3) is 6.08 Å². The lowest BCUT2D eigenvalue weighted by Crippen LogP contribution is -2.47. The Kier molecular flexibility index (Phi) is 7.67. The second-order valence-corrected chi connectivity index (χ2v) is 8.30. The summed E-state index contributed by atoms with van der Waals surface area (Å²) in [7, 11) is 0. The summed E-state index contributed by atoms with van der Waals surface area (Å²) in [4.78, 5) is 17.4. The number of nitrogens with zero attached hydrogens (tertiary/aromatic N) is 2. The molecule has 1 fully saturated rings. The van der Waals surface area contributed by atoms with Gasteiger partial charge in [-0.1, -0.05) is 49.4 Å². The quantitative estimate of drug-likeness (QED) is 0.687. The molecule has 0 aliphatic carbocycles. The summed E-state index contributed by atoms with van der Waals surface area (Å²) in [5.74, 6) is 1.55. The van der Waals surface area contributed by atoms with Crippen LogP contribution < -0.4 is 19.7 Å². The van der Waals surface area contributed by atoms with Gasteiger partial charge in [0.1, 0.15) is 13.2 Å². The molecular weight excluding hydrogens is 402 g/mol. The molecule has 2 aliphatic heterocycles. The number of rotatable bonds is 8. The molecule has 1 N–H and O–H groups in total. The van der Waals surface area contributed by atoms with E-state index >= 15 is 0 Å². The summed E-state index contributed by atoms with van der Waals surface area (Å²) in [6, 6.07) is 16.3. The molecule has 32 heavy (non-hydrogen) atoms. The van der Waals surface area contributed by atoms with Crippen molar-refractivity contribution >= 4 is 17.7 Å². The Hall–Kier alpha value is -2.99. The topological polar surface area (TPSA) is 54.0 Å². The predicted molar refractivity (Wildman–Crippen MR) is 128 cm³/mol. The van der Waals surface area contributed by atoms with Gasteiger partial charge in [0.15, 0.2) is 11.5 Å². The highest BCUT2D eigenvalue weighted by Crippen LogP contribution is 2.34. The maximum absolute atomic E-state index is 12.9. The second-order valence-electron chi connectivity index (χ2n) is 8.30. The third kappa shape index (κ3) is 6.04. The zero-order valence-electron chi connectivity index (χ0n) is 18.8. The molecule has 2 aliphatic rings. The number of likely N-dealkylation sites (tertiary alicyclic amines) is 1. The van der Waals surface area contributed by atoms with E-state index in [1.165, 1.54) is 0 Å². The van der Waals surface area contributed by atoms with Crippen molar-refractivity contribution in [2.75, 3.05) is 50.8 Å². The minimum absolute atomic E-state index is 0.0583. The Balaban J connectivity index is 1.43. The van der Waals surface area contributed by atoms with Crippen LogP contribution in [0.4, 0.5) is 5.69 Å². The number of amides is 1. The highest BCUT2D eigenvalue weighted by atomic mass is 16.6. The fraction of sp³-hybridized carbons (Fsp3) is 0.423. The van der Waals surface area contributed by atoms with Gasteiger partial charge >= 0.3 is 0 Å². The molecule has 0 aromatic heterocycles. The summed E-state index contributed by atoms with van der Waals surface area (Å²) < 4.78 is 11.4. The van der Waals surface area contributed by atoms with Gasteiger partial charge in [0.2, 0.25) is 5.91 Å². The first-order valence-electron chi connectivity index (χ1n) is 11.6. The van der Waals surface area contributed by atoms with E-state index in [1.54, 1.807) is 0 Å². The molecule has 0 saturated carbocycles. The van der Waals surface area contributed by atoms with E-state index in [9.17, 15) is 4.79 Å². The summed E-state index contributed by atoms with van der Waals surface area (Å²) >= 11 is 0. The van der Waals surface area contributed by atoms with Crippen LogP contribution in [0.5, 0.6) is 11.5 Å². The molecular formula is C26H33N3O3. The second kappa shape index (κ2) is 11.0. The van der Waals surface area contributed by atoms with Gasteiger partial charge < -0.3 is 24.6 Å². The van der Waals surface area contributed by atoms with Gasteiger partial charge in [-0.3, -0.25) is 4.79 Å². The van der Waals surface area contributed by atoms with Crippen molar-refractivity contribution in [3.8, 4) is 11.5 Å². The number of carbonyl (C=O) groups excluding carboxylic acids is 1. The largest absolute Gasteiger partial charge is 0.486 e. The van der Waals surface area contributed by atoms with E-state index in [0.717, 1.165) is 55.2 Å². The normalized spacial score (nSPS) is 16.8. The SMILES string of the molecule is CCN1CCC(NC(=O)CN(C/C=C/c2ccccc2)c2ccc3c(c2)OCCO3)CC1. The average Bonchev–Trinajstić information content (AvgIpc) is 2.84. The minimum Gasteiger partial charge on any atom is -0.486 e. The highest BCUT2D eigenvalue weighted by molar-refractivity contribution is 5.82. The maximum atomic E-state index is 12.9. The first kappa shape index (κ1) is 22.2. The molecule has 0 unspecified atom stereocenters. The van der Waals surface area contributed by atoms with Gasteiger partial charge in [-0.2, -0.15) is 0 Å². The zero-order chi connectivity index (χ0) is 22.2. The van der Waals surface area contributed by atoms with Crippen molar-refractivity contribution in [2.24, 2.45) is 0 Å². The first-order valence-corrected chi connectivity index (χ1v) is 11.6. The lowest BCUT2D eigenvalue weighted by atomic mass is 10.1. The van der Waals surface area contributed by atoms with Gasteiger partial charge in [0.25, 0.3) is 0 Å². The van der Waals surface area contributed by atoms with Gasteiger partial charge in [-0.25, -0.2) is 0 Å². The van der Waals surface area contributed by atoms with Crippen LogP contribution in [0.2, 0.25) is 0 Å².